The van der Waals surface area contributed by atoms with Gasteiger partial charge < -0.3 is 15.1 Å². The van der Waals surface area contributed by atoms with Gasteiger partial charge in [-0.15, -0.1) is 0 Å². The number of rotatable bonds is 2. The highest BCUT2D eigenvalue weighted by Gasteiger charge is 2.43. The largest absolute Gasteiger partial charge is 0.473 e. The van der Waals surface area contributed by atoms with Crippen LogP contribution in [0.3, 0.4) is 0 Å². The molecule has 2 aliphatic carbocycles. The third-order valence-electron chi connectivity index (χ3n) is 7.01. The predicted octanol–water partition coefficient (Wildman–Crippen LogP) is 2.67. The van der Waals surface area contributed by atoms with E-state index in [1.165, 1.54) is 64.7 Å². The molecule has 0 aromatic heterocycles. The summed E-state index contributed by atoms with van der Waals surface area (Å²) < 4.78 is 0. The SMILES string of the molecule is C1CCCN(C2CCN(C3CC4CCC3C4)CC2)CC1.O=C(O)C(=O)O. The van der Waals surface area contributed by atoms with Crippen LogP contribution >= 0.6 is 0 Å². The Balaban J connectivity index is 0.000000286. The van der Waals surface area contributed by atoms with Crippen molar-refractivity contribution in [1.29, 1.82) is 0 Å². The van der Waals surface area contributed by atoms with E-state index in [0.29, 0.717) is 0 Å². The maximum Gasteiger partial charge on any atom is 0.414 e. The molecule has 2 heterocycles. The second-order valence-corrected chi connectivity index (χ2v) is 8.57. The van der Waals surface area contributed by atoms with E-state index in [-0.39, 0.29) is 0 Å². The summed E-state index contributed by atoms with van der Waals surface area (Å²) in [7, 11) is 0. The van der Waals surface area contributed by atoms with Crippen LogP contribution in [0.4, 0.5) is 0 Å². The Bertz CT molecular complexity index is 470. The zero-order chi connectivity index (χ0) is 18.5. The van der Waals surface area contributed by atoms with Gasteiger partial charge in [-0.1, -0.05) is 19.3 Å². The Kier molecular flexibility index (Phi) is 6.92. The molecule has 3 atom stereocenters. The van der Waals surface area contributed by atoms with Crippen molar-refractivity contribution in [3.05, 3.63) is 0 Å². The molecule has 3 unspecified atom stereocenters. The number of fused-ring (bicyclic) bond motifs is 2. The van der Waals surface area contributed by atoms with E-state index in [1.807, 2.05) is 0 Å². The van der Waals surface area contributed by atoms with E-state index in [0.717, 1.165) is 23.9 Å². The number of hydrogen-bond acceptors (Lipinski definition) is 4. The second-order valence-electron chi connectivity index (χ2n) is 8.57. The maximum atomic E-state index is 9.10. The van der Waals surface area contributed by atoms with Crippen LogP contribution in [0.15, 0.2) is 0 Å². The second kappa shape index (κ2) is 9.18. The van der Waals surface area contributed by atoms with Gasteiger partial charge in [-0.2, -0.15) is 0 Å². The highest BCUT2D eigenvalue weighted by atomic mass is 16.4. The highest BCUT2D eigenvalue weighted by molar-refractivity contribution is 6.27. The fourth-order valence-corrected chi connectivity index (χ4v) is 5.70. The molecule has 2 bridgehead atoms. The zero-order valence-corrected chi connectivity index (χ0v) is 15.8. The molecule has 26 heavy (non-hydrogen) atoms. The summed E-state index contributed by atoms with van der Waals surface area (Å²) in [6.45, 7) is 5.57. The van der Waals surface area contributed by atoms with Crippen LogP contribution in [0.2, 0.25) is 0 Å². The standard InChI is InChI=1S/C18H32N2.C2H2O4/c1-2-4-10-19(9-3-1)17-7-11-20(12-8-17)18-14-15-5-6-16(18)13-15;3-1(4)2(5)6/h15-18H,1-14H2;(H,3,4)(H,5,6). The molecular formula is C20H34N2O4. The van der Waals surface area contributed by atoms with E-state index in [4.69, 9.17) is 19.8 Å². The lowest BCUT2D eigenvalue weighted by Crippen LogP contribution is -2.49. The van der Waals surface area contributed by atoms with Crippen molar-refractivity contribution in [3.8, 4) is 0 Å². The summed E-state index contributed by atoms with van der Waals surface area (Å²) in [4.78, 5) is 23.9. The Hall–Kier alpha value is -1.14. The molecule has 2 N–H and O–H groups in total. The molecule has 0 aromatic rings. The van der Waals surface area contributed by atoms with Gasteiger partial charge in [0, 0.05) is 12.1 Å². The summed E-state index contributed by atoms with van der Waals surface area (Å²) in [5, 5.41) is 14.8. The quantitative estimate of drug-likeness (QED) is 0.731. The molecule has 0 spiro atoms. The third kappa shape index (κ3) is 4.97. The summed E-state index contributed by atoms with van der Waals surface area (Å²) in [6.07, 6.45) is 14.9. The smallest absolute Gasteiger partial charge is 0.414 e. The topological polar surface area (TPSA) is 81.1 Å². The molecule has 2 aliphatic heterocycles. The van der Waals surface area contributed by atoms with Gasteiger partial charge in [-0.05, 0) is 83.0 Å². The normalized spacial score (nSPS) is 33.3. The van der Waals surface area contributed by atoms with E-state index < -0.39 is 11.9 Å². The summed E-state index contributed by atoms with van der Waals surface area (Å²) >= 11 is 0. The zero-order valence-electron chi connectivity index (χ0n) is 15.8. The van der Waals surface area contributed by atoms with Crippen molar-refractivity contribution >= 4 is 11.9 Å². The van der Waals surface area contributed by atoms with E-state index in [1.54, 1.807) is 25.7 Å². The lowest BCUT2D eigenvalue weighted by Gasteiger charge is -2.42. The fourth-order valence-electron chi connectivity index (χ4n) is 5.70. The monoisotopic (exact) mass is 366 g/mol. The van der Waals surface area contributed by atoms with Crippen LogP contribution in [0.25, 0.3) is 0 Å². The molecule has 4 rings (SSSR count). The summed E-state index contributed by atoms with van der Waals surface area (Å²) in [5.74, 6) is -1.46. The first kappa shape index (κ1) is 19.6. The van der Waals surface area contributed by atoms with E-state index in [9.17, 15) is 0 Å². The van der Waals surface area contributed by atoms with Gasteiger partial charge in [0.1, 0.15) is 0 Å². The van der Waals surface area contributed by atoms with Gasteiger partial charge in [-0.3, -0.25) is 4.90 Å². The molecule has 2 saturated carbocycles. The Labute approximate surface area is 156 Å². The molecule has 6 nitrogen and oxygen atoms in total. The van der Waals surface area contributed by atoms with E-state index in [2.05, 4.69) is 9.80 Å². The van der Waals surface area contributed by atoms with Crippen molar-refractivity contribution in [2.75, 3.05) is 26.2 Å². The molecular weight excluding hydrogens is 332 g/mol. The summed E-state index contributed by atoms with van der Waals surface area (Å²) in [6, 6.07) is 1.90. The van der Waals surface area contributed by atoms with Gasteiger partial charge in [0.2, 0.25) is 0 Å². The highest BCUT2D eigenvalue weighted by Crippen LogP contribution is 2.47. The van der Waals surface area contributed by atoms with Gasteiger partial charge >= 0.3 is 11.9 Å². The molecule has 2 saturated heterocycles. The fraction of sp³-hybridized carbons (Fsp3) is 0.900. The molecule has 148 valence electrons. The number of likely N-dealkylation sites (tertiary alicyclic amines) is 2. The van der Waals surface area contributed by atoms with Gasteiger partial charge in [-0.25, -0.2) is 9.59 Å². The van der Waals surface area contributed by atoms with Crippen molar-refractivity contribution in [2.24, 2.45) is 11.8 Å². The molecule has 0 aromatic carbocycles. The van der Waals surface area contributed by atoms with Crippen molar-refractivity contribution < 1.29 is 19.8 Å². The molecule has 4 fully saturated rings. The number of aliphatic carboxylic acids is 2. The molecule has 0 radical (unpaired) electrons. The Morgan fingerprint density at radius 1 is 0.692 bits per heavy atom. The average molecular weight is 367 g/mol. The minimum absolute atomic E-state index is 0.919. The average Bonchev–Trinajstić information content (AvgIpc) is 3.17. The van der Waals surface area contributed by atoms with Crippen LogP contribution in [-0.2, 0) is 9.59 Å². The number of carbonyl (C=O) groups is 2. The van der Waals surface area contributed by atoms with Gasteiger partial charge in [0.25, 0.3) is 0 Å². The van der Waals surface area contributed by atoms with Crippen LogP contribution in [-0.4, -0.2) is 70.2 Å². The van der Waals surface area contributed by atoms with Crippen molar-refractivity contribution in [2.45, 2.75) is 76.3 Å². The number of carboxylic acid groups (broad SMARTS) is 2. The number of carboxylic acids is 2. The molecule has 4 aliphatic rings. The lowest BCUT2D eigenvalue weighted by molar-refractivity contribution is -0.159. The first-order valence-electron chi connectivity index (χ1n) is 10.5. The van der Waals surface area contributed by atoms with Gasteiger partial charge in [0.05, 0.1) is 0 Å². The summed E-state index contributed by atoms with van der Waals surface area (Å²) in [5.41, 5.74) is 0. The first-order valence-corrected chi connectivity index (χ1v) is 10.5. The van der Waals surface area contributed by atoms with Crippen molar-refractivity contribution in [1.82, 2.24) is 9.80 Å². The maximum absolute atomic E-state index is 9.10. The van der Waals surface area contributed by atoms with E-state index >= 15 is 0 Å². The van der Waals surface area contributed by atoms with Crippen LogP contribution in [0.1, 0.15) is 64.2 Å². The minimum atomic E-state index is -1.82. The van der Waals surface area contributed by atoms with Crippen molar-refractivity contribution in [3.63, 3.8) is 0 Å². The first-order chi connectivity index (χ1) is 12.5. The number of nitrogens with zero attached hydrogens (tertiary/aromatic N) is 2. The number of piperidine rings is 1. The predicted molar refractivity (Wildman–Crippen MR) is 99.1 cm³/mol. The van der Waals surface area contributed by atoms with Gasteiger partial charge in [0.15, 0.2) is 0 Å². The molecule has 6 heteroatoms. The Morgan fingerprint density at radius 2 is 1.31 bits per heavy atom. The number of hydrogen-bond donors (Lipinski definition) is 2. The Morgan fingerprint density at radius 3 is 1.77 bits per heavy atom. The molecule has 0 amide bonds. The minimum Gasteiger partial charge on any atom is -0.473 e. The van der Waals surface area contributed by atoms with Crippen LogP contribution < -0.4 is 0 Å². The lowest BCUT2D eigenvalue weighted by atomic mass is 9.91. The van der Waals surface area contributed by atoms with Crippen LogP contribution in [0, 0.1) is 11.8 Å². The van der Waals surface area contributed by atoms with Crippen LogP contribution in [0.5, 0.6) is 0 Å². The third-order valence-corrected chi connectivity index (χ3v) is 7.01.